The number of rotatable bonds is 2. The monoisotopic (exact) mass is 342 g/mol. The van der Waals surface area contributed by atoms with Crippen molar-refractivity contribution in [1.82, 2.24) is 0 Å². The Morgan fingerprint density at radius 1 is 0.500 bits per heavy atom. The highest BCUT2D eigenvalue weighted by atomic mass is 16.4. The Kier molecular flexibility index (Phi) is 3.39. The van der Waals surface area contributed by atoms with E-state index in [1.54, 1.807) is 12.1 Å². The molecule has 3 aliphatic carbocycles. The van der Waals surface area contributed by atoms with Gasteiger partial charge in [0.2, 0.25) is 0 Å². The molecule has 0 aromatic heterocycles. The molecule has 0 unspecified atom stereocenters. The van der Waals surface area contributed by atoms with Crippen LogP contribution in [0.15, 0.2) is 60.7 Å². The molecule has 3 aromatic rings. The first kappa shape index (κ1) is 15.9. The van der Waals surface area contributed by atoms with E-state index in [1.807, 2.05) is 36.4 Å². The normalized spacial score (nSPS) is 18.8. The quantitative estimate of drug-likeness (QED) is 0.342. The van der Waals surface area contributed by atoms with Gasteiger partial charge >= 0.3 is 14.2 Å². The van der Waals surface area contributed by atoms with Gasteiger partial charge in [0.15, 0.2) is 0 Å². The smallest absolute Gasteiger partial charge is 0.423 e. The summed E-state index contributed by atoms with van der Waals surface area (Å²) in [7, 11) is -3.10. The molecule has 2 bridgehead atoms. The van der Waals surface area contributed by atoms with Crippen LogP contribution in [-0.2, 0) is 0 Å². The molecule has 6 rings (SSSR count). The van der Waals surface area contributed by atoms with Crippen LogP contribution >= 0.6 is 0 Å². The highest BCUT2D eigenvalue weighted by molar-refractivity contribution is 6.60. The van der Waals surface area contributed by atoms with Gasteiger partial charge in [0.1, 0.15) is 0 Å². The zero-order valence-electron chi connectivity index (χ0n) is 13.9. The summed E-state index contributed by atoms with van der Waals surface area (Å²) in [5.74, 6) is -0.309. The molecular formula is C20H16B2O4. The van der Waals surface area contributed by atoms with E-state index in [4.69, 9.17) is 0 Å². The van der Waals surface area contributed by atoms with Gasteiger partial charge in [-0.25, -0.2) is 0 Å². The minimum Gasteiger partial charge on any atom is -0.423 e. The SMILES string of the molecule is OB(O)c1cccc2c1[C@H]1c3ccccc3[C@@H]2c2c(B(O)O)cccc21. The Balaban J connectivity index is 1.90. The Morgan fingerprint density at radius 2 is 0.885 bits per heavy atom. The van der Waals surface area contributed by atoms with Crippen LogP contribution in [0.1, 0.15) is 45.2 Å². The van der Waals surface area contributed by atoms with Crippen molar-refractivity contribution in [1.29, 1.82) is 0 Å². The summed E-state index contributed by atoms with van der Waals surface area (Å²) in [4.78, 5) is 0. The van der Waals surface area contributed by atoms with Gasteiger partial charge in [0.25, 0.3) is 0 Å². The lowest BCUT2D eigenvalue weighted by Crippen LogP contribution is -2.43. The summed E-state index contributed by atoms with van der Waals surface area (Å²) >= 11 is 0. The first-order valence-electron chi connectivity index (χ1n) is 8.66. The highest BCUT2D eigenvalue weighted by Gasteiger charge is 2.45. The molecular weight excluding hydrogens is 326 g/mol. The van der Waals surface area contributed by atoms with Crippen LogP contribution in [0, 0.1) is 0 Å². The van der Waals surface area contributed by atoms with Gasteiger partial charge in [-0.05, 0) is 44.3 Å². The minimum atomic E-state index is -1.55. The molecule has 3 aromatic carbocycles. The zero-order valence-corrected chi connectivity index (χ0v) is 13.9. The third kappa shape index (κ3) is 1.95. The predicted molar refractivity (Wildman–Crippen MR) is 101 cm³/mol. The zero-order chi connectivity index (χ0) is 18.0. The van der Waals surface area contributed by atoms with Crippen molar-refractivity contribution in [2.45, 2.75) is 11.8 Å². The summed E-state index contributed by atoms with van der Waals surface area (Å²) in [5.41, 5.74) is 7.12. The van der Waals surface area contributed by atoms with Crippen molar-refractivity contribution in [3.05, 3.63) is 94.0 Å². The molecule has 4 N–H and O–H groups in total. The summed E-state index contributed by atoms with van der Waals surface area (Å²) in [6.07, 6.45) is 0. The molecule has 0 heterocycles. The lowest BCUT2D eigenvalue weighted by atomic mass is 9.54. The number of hydrogen-bond donors (Lipinski definition) is 4. The molecule has 4 nitrogen and oxygen atoms in total. The second kappa shape index (κ2) is 5.56. The van der Waals surface area contributed by atoms with Crippen molar-refractivity contribution in [2.75, 3.05) is 0 Å². The Labute approximate surface area is 151 Å². The van der Waals surface area contributed by atoms with Gasteiger partial charge < -0.3 is 20.1 Å². The molecule has 0 saturated carbocycles. The third-order valence-corrected chi connectivity index (χ3v) is 5.72. The van der Waals surface area contributed by atoms with Crippen LogP contribution in [0.5, 0.6) is 0 Å². The maximum Gasteiger partial charge on any atom is 0.488 e. The fourth-order valence-corrected chi connectivity index (χ4v) is 4.82. The summed E-state index contributed by atoms with van der Waals surface area (Å²) < 4.78 is 0. The molecule has 0 radical (unpaired) electrons. The molecule has 26 heavy (non-hydrogen) atoms. The molecule has 2 atom stereocenters. The van der Waals surface area contributed by atoms with Crippen molar-refractivity contribution in [2.24, 2.45) is 0 Å². The molecule has 0 amide bonds. The number of benzene rings is 3. The van der Waals surface area contributed by atoms with Crippen molar-refractivity contribution < 1.29 is 20.1 Å². The van der Waals surface area contributed by atoms with Gasteiger partial charge in [-0.2, -0.15) is 0 Å². The molecule has 6 heteroatoms. The van der Waals surface area contributed by atoms with E-state index in [0.717, 1.165) is 33.4 Å². The molecule has 0 aliphatic heterocycles. The van der Waals surface area contributed by atoms with E-state index >= 15 is 0 Å². The average Bonchev–Trinajstić information content (AvgIpc) is 2.66. The maximum absolute atomic E-state index is 9.92. The minimum absolute atomic E-state index is 0.155. The van der Waals surface area contributed by atoms with Crippen molar-refractivity contribution in [3.63, 3.8) is 0 Å². The van der Waals surface area contributed by atoms with E-state index in [0.29, 0.717) is 10.9 Å². The topological polar surface area (TPSA) is 80.9 Å². The van der Waals surface area contributed by atoms with E-state index in [-0.39, 0.29) is 11.8 Å². The summed E-state index contributed by atoms with van der Waals surface area (Å²) in [5, 5.41) is 39.7. The maximum atomic E-state index is 9.92. The van der Waals surface area contributed by atoms with Crippen LogP contribution in [-0.4, -0.2) is 34.3 Å². The van der Waals surface area contributed by atoms with Gasteiger partial charge in [-0.15, -0.1) is 0 Å². The lowest BCUT2D eigenvalue weighted by molar-refractivity contribution is 0.423. The Morgan fingerprint density at radius 3 is 1.27 bits per heavy atom. The van der Waals surface area contributed by atoms with Crippen molar-refractivity contribution in [3.8, 4) is 0 Å². The van der Waals surface area contributed by atoms with Crippen LogP contribution in [0.2, 0.25) is 0 Å². The first-order chi connectivity index (χ1) is 12.6. The summed E-state index contributed by atoms with van der Waals surface area (Å²) in [6.45, 7) is 0. The lowest BCUT2D eigenvalue weighted by Gasteiger charge is -2.44. The van der Waals surface area contributed by atoms with Crippen molar-refractivity contribution >= 4 is 25.2 Å². The fraction of sp³-hybridized carbons (Fsp3) is 0.100. The van der Waals surface area contributed by atoms with E-state index in [1.165, 1.54) is 0 Å². The fourth-order valence-electron chi connectivity index (χ4n) is 4.82. The van der Waals surface area contributed by atoms with Gasteiger partial charge in [0.05, 0.1) is 0 Å². The van der Waals surface area contributed by atoms with Crippen LogP contribution < -0.4 is 10.9 Å². The molecule has 0 spiro atoms. The van der Waals surface area contributed by atoms with E-state index in [2.05, 4.69) is 12.1 Å². The largest absolute Gasteiger partial charge is 0.488 e. The Hall–Kier alpha value is -2.37. The van der Waals surface area contributed by atoms with Gasteiger partial charge in [-0.1, -0.05) is 60.7 Å². The standard InChI is InChI=1S/C20H16B2O4/c23-21(24)15-9-4-8-14-18-12-6-2-1-5-11(12)17(19(14)15)13-7-3-10-16(20(13)18)22(25)26/h1-10,17-18,23-26H/t17-,18-/m0/s1. The highest BCUT2D eigenvalue weighted by Crippen LogP contribution is 2.54. The third-order valence-electron chi connectivity index (χ3n) is 5.72. The van der Waals surface area contributed by atoms with E-state index < -0.39 is 14.2 Å². The summed E-state index contributed by atoms with van der Waals surface area (Å²) in [6, 6.07) is 19.3. The number of hydrogen-bond acceptors (Lipinski definition) is 4. The second-order valence-electron chi connectivity index (χ2n) is 6.94. The van der Waals surface area contributed by atoms with Gasteiger partial charge in [0, 0.05) is 11.8 Å². The molecule has 0 fully saturated rings. The molecule has 0 saturated heterocycles. The Bertz CT molecular complexity index is 950. The van der Waals surface area contributed by atoms with Crippen LogP contribution in [0.25, 0.3) is 0 Å². The van der Waals surface area contributed by atoms with Gasteiger partial charge in [-0.3, -0.25) is 0 Å². The average molecular weight is 342 g/mol. The van der Waals surface area contributed by atoms with E-state index in [9.17, 15) is 20.1 Å². The molecule has 126 valence electrons. The molecule has 3 aliphatic rings. The van der Waals surface area contributed by atoms with Crippen LogP contribution in [0.3, 0.4) is 0 Å². The first-order valence-corrected chi connectivity index (χ1v) is 8.66. The predicted octanol–water partition coefficient (Wildman–Crippen LogP) is 0.0334. The van der Waals surface area contributed by atoms with Crippen LogP contribution in [0.4, 0.5) is 0 Å². The second-order valence-corrected chi connectivity index (χ2v) is 6.94.